The number of carbonyl (C=O) groups excluding carboxylic acids is 5. The lowest BCUT2D eigenvalue weighted by molar-refractivity contribution is -0.127. The monoisotopic (exact) mass is 826 g/mol. The number of imide groups is 2. The normalized spacial score (nSPS) is 26.2. The third kappa shape index (κ3) is 6.86. The largest absolute Gasteiger partial charge is 0.307 e. The molecular weight excluding hydrogens is 777 g/mol. The van der Waals surface area contributed by atoms with Crippen LogP contribution < -0.4 is 5.32 Å². The molecule has 6 aliphatic rings. The van der Waals surface area contributed by atoms with Crippen molar-refractivity contribution in [1.82, 2.24) is 20.0 Å². The Morgan fingerprint density at radius 1 is 0.542 bits per heavy atom. The van der Waals surface area contributed by atoms with Crippen molar-refractivity contribution in [3.63, 3.8) is 0 Å². The van der Waals surface area contributed by atoms with Crippen LogP contribution in [0.1, 0.15) is 125 Å². The number of amides is 4. The molecule has 5 atom stereocenters. The number of hydrogen-bond donors (Lipinski definition) is 1. The summed E-state index contributed by atoms with van der Waals surface area (Å²) in [6.07, 6.45) is 11.6. The zero-order valence-electron chi connectivity index (χ0n) is 33.3. The van der Waals surface area contributed by atoms with E-state index in [0.29, 0.717) is 55.7 Å². The summed E-state index contributed by atoms with van der Waals surface area (Å²) < 4.78 is 0. The number of benzene rings is 4. The van der Waals surface area contributed by atoms with Gasteiger partial charge in [0.1, 0.15) is 0 Å². The molecule has 2 saturated heterocycles. The van der Waals surface area contributed by atoms with Crippen molar-refractivity contribution in [2.45, 2.75) is 127 Å². The van der Waals surface area contributed by atoms with E-state index in [4.69, 9.17) is 0 Å². The highest BCUT2D eigenvalue weighted by Crippen LogP contribution is 2.50. The Kier molecular flexibility index (Phi) is 10.7. The van der Waals surface area contributed by atoms with Gasteiger partial charge in [0.25, 0.3) is 23.6 Å². The molecule has 0 radical (unpaired) electrons. The smallest absolute Gasteiger partial charge is 0.262 e. The van der Waals surface area contributed by atoms with Crippen LogP contribution in [0.3, 0.4) is 0 Å². The standard InChI is InChI=1S/C48H50N4O5S2/c53-44(34-20-14-24-49-34)31-19-8-9-21-35(31)51-45(54)32-27-39(59-30-17-6-2-7-18-30)43-41-33(28-38(42(40(32)41)47(51)56)58-29-15-4-1-5-16-29)46(55)52(48(43)57)37-23-11-10-22-36(37)50-25-12-3-13-26-50/h1-2,4-7,15-18,27-28,31,34-37,49H,3,8-14,19-26H2/t31-,34+,35-,36-,37-/m1/s1. The minimum Gasteiger partial charge on any atom is -0.307 e. The average Bonchev–Trinajstić information content (AvgIpc) is 3.82. The molecule has 0 bridgehead atoms. The molecule has 9 nitrogen and oxygen atoms in total. The van der Waals surface area contributed by atoms with Crippen LogP contribution in [0, 0.1) is 5.92 Å². The summed E-state index contributed by atoms with van der Waals surface area (Å²) >= 11 is 2.82. The molecule has 59 heavy (non-hydrogen) atoms. The molecule has 4 aromatic carbocycles. The first-order chi connectivity index (χ1) is 28.9. The zero-order valence-corrected chi connectivity index (χ0v) is 35.0. The Hall–Kier alpha value is -4.29. The molecule has 2 saturated carbocycles. The maximum atomic E-state index is 15.4. The van der Waals surface area contributed by atoms with E-state index in [2.05, 4.69) is 10.2 Å². The van der Waals surface area contributed by atoms with Crippen LogP contribution in [0.5, 0.6) is 0 Å². The fraction of sp³-hybridized carbons (Fsp3) is 0.438. The lowest BCUT2D eigenvalue weighted by atomic mass is 9.77. The summed E-state index contributed by atoms with van der Waals surface area (Å²) in [4.78, 5) is 84.0. The van der Waals surface area contributed by atoms with Crippen LogP contribution in [-0.2, 0) is 4.79 Å². The van der Waals surface area contributed by atoms with Gasteiger partial charge in [0, 0.05) is 53.4 Å². The average molecular weight is 827 g/mol. The van der Waals surface area contributed by atoms with Gasteiger partial charge in [-0.15, -0.1) is 0 Å². The van der Waals surface area contributed by atoms with Gasteiger partial charge in [-0.3, -0.25) is 38.7 Å². The van der Waals surface area contributed by atoms with E-state index in [1.54, 1.807) is 4.90 Å². The Morgan fingerprint density at radius 3 is 1.59 bits per heavy atom. The van der Waals surface area contributed by atoms with Crippen molar-refractivity contribution in [2.24, 2.45) is 5.92 Å². The van der Waals surface area contributed by atoms with Crippen molar-refractivity contribution in [1.29, 1.82) is 0 Å². The Balaban J connectivity index is 1.17. The quantitative estimate of drug-likeness (QED) is 0.166. The zero-order chi connectivity index (χ0) is 40.2. The van der Waals surface area contributed by atoms with Crippen LogP contribution in [0.25, 0.3) is 10.8 Å². The van der Waals surface area contributed by atoms with Crippen molar-refractivity contribution in [3.05, 3.63) is 95.1 Å². The summed E-state index contributed by atoms with van der Waals surface area (Å²) in [5.74, 6) is -1.99. The van der Waals surface area contributed by atoms with Crippen molar-refractivity contribution >= 4 is 63.7 Å². The lowest BCUT2D eigenvalue weighted by Crippen LogP contribution is -2.59. The molecule has 4 aromatic rings. The van der Waals surface area contributed by atoms with E-state index in [-0.39, 0.29) is 35.7 Å². The number of nitrogens with zero attached hydrogens (tertiary/aromatic N) is 3. The van der Waals surface area contributed by atoms with Gasteiger partial charge >= 0.3 is 0 Å². The van der Waals surface area contributed by atoms with E-state index in [1.807, 2.05) is 72.8 Å². The van der Waals surface area contributed by atoms with Crippen LogP contribution in [0.15, 0.2) is 92.4 Å². The molecule has 0 unspecified atom stereocenters. The number of ketones is 1. The van der Waals surface area contributed by atoms with Gasteiger partial charge in [0.15, 0.2) is 5.78 Å². The third-order valence-corrected chi connectivity index (χ3v) is 15.9. The Bertz CT molecular complexity index is 2340. The van der Waals surface area contributed by atoms with Crippen LogP contribution >= 0.6 is 23.5 Å². The minimum absolute atomic E-state index is 0.0807. The number of likely N-dealkylation sites (tertiary alicyclic amines) is 1. The molecule has 4 aliphatic heterocycles. The van der Waals surface area contributed by atoms with Gasteiger partial charge in [-0.2, -0.15) is 0 Å². The fourth-order valence-corrected chi connectivity index (χ4v) is 13.1. The van der Waals surface area contributed by atoms with Crippen molar-refractivity contribution in [2.75, 3.05) is 19.6 Å². The van der Waals surface area contributed by atoms with E-state index in [9.17, 15) is 4.79 Å². The molecule has 2 aliphatic carbocycles. The van der Waals surface area contributed by atoms with Crippen molar-refractivity contribution < 1.29 is 24.0 Å². The lowest BCUT2D eigenvalue weighted by Gasteiger charge is -2.47. The minimum atomic E-state index is -0.592. The number of rotatable bonds is 9. The molecule has 11 heteroatoms. The number of carbonyl (C=O) groups is 5. The maximum absolute atomic E-state index is 15.4. The van der Waals surface area contributed by atoms with E-state index < -0.39 is 23.8 Å². The topological polar surface area (TPSA) is 107 Å². The number of hydrogen-bond acceptors (Lipinski definition) is 9. The predicted octanol–water partition coefficient (Wildman–Crippen LogP) is 9.01. The summed E-state index contributed by atoms with van der Waals surface area (Å²) in [7, 11) is 0. The van der Waals surface area contributed by atoms with Crippen molar-refractivity contribution in [3.8, 4) is 0 Å². The summed E-state index contributed by atoms with van der Waals surface area (Å²) in [6.45, 7) is 2.72. The maximum Gasteiger partial charge on any atom is 0.262 e. The highest BCUT2D eigenvalue weighted by atomic mass is 32.2. The second kappa shape index (κ2) is 16.3. The SMILES string of the molecule is O=C([C@@H]1CCCN1)[C@@H]1CCCC[C@H]1N1C(=O)c2cc(Sc3ccccc3)c3c4c(cc(Sc5ccccc5)c(c24)C1=O)C(=O)N([C@@H]1CCCC[C@H]1N1CCCCC1)C3=O. The molecule has 0 spiro atoms. The van der Waals surface area contributed by atoms with Gasteiger partial charge in [-0.25, -0.2) is 0 Å². The molecule has 4 heterocycles. The van der Waals surface area contributed by atoms with E-state index in [0.717, 1.165) is 93.6 Å². The second-order valence-electron chi connectivity index (χ2n) is 17.2. The molecule has 1 N–H and O–H groups in total. The Morgan fingerprint density at radius 2 is 1.05 bits per heavy atom. The molecule has 10 rings (SSSR count). The molecule has 0 aromatic heterocycles. The predicted molar refractivity (Wildman–Crippen MR) is 229 cm³/mol. The first-order valence-corrected chi connectivity index (χ1v) is 23.4. The summed E-state index contributed by atoms with van der Waals surface area (Å²) in [6, 6.07) is 22.2. The highest BCUT2D eigenvalue weighted by Gasteiger charge is 2.50. The molecular formula is C48H50N4O5S2. The van der Waals surface area contributed by atoms with Gasteiger partial charge in [-0.05, 0) is 107 Å². The van der Waals surface area contributed by atoms with Crippen LogP contribution in [-0.4, -0.2) is 87.9 Å². The fourth-order valence-electron chi connectivity index (χ4n) is 11.0. The van der Waals surface area contributed by atoms with Gasteiger partial charge in [0.2, 0.25) is 0 Å². The van der Waals surface area contributed by atoms with Gasteiger partial charge in [0.05, 0.1) is 29.3 Å². The first-order valence-electron chi connectivity index (χ1n) is 21.8. The number of nitrogens with one attached hydrogen (secondary N) is 1. The molecule has 304 valence electrons. The summed E-state index contributed by atoms with van der Waals surface area (Å²) in [5, 5.41) is 4.15. The van der Waals surface area contributed by atoms with Gasteiger partial charge in [-0.1, -0.05) is 92.0 Å². The van der Waals surface area contributed by atoms with E-state index in [1.165, 1.54) is 34.8 Å². The molecule has 4 fully saturated rings. The van der Waals surface area contributed by atoms with Crippen LogP contribution in [0.2, 0.25) is 0 Å². The van der Waals surface area contributed by atoms with Gasteiger partial charge < -0.3 is 5.32 Å². The molecule has 4 amide bonds. The number of Topliss-reactive ketones (excluding diaryl/α,β-unsaturated/α-hetero) is 1. The first kappa shape index (κ1) is 38.9. The second-order valence-corrected chi connectivity index (χ2v) is 19.4. The summed E-state index contributed by atoms with van der Waals surface area (Å²) in [5.41, 5.74) is 1.39. The van der Waals surface area contributed by atoms with E-state index >= 15 is 19.2 Å². The Labute approximate surface area is 354 Å². The third-order valence-electron chi connectivity index (χ3n) is 13.8. The van der Waals surface area contributed by atoms with Crippen LogP contribution in [0.4, 0.5) is 0 Å². The number of piperidine rings is 1. The highest BCUT2D eigenvalue weighted by molar-refractivity contribution is 7.99.